The van der Waals surface area contributed by atoms with Crippen molar-refractivity contribution in [2.24, 2.45) is 0 Å². The van der Waals surface area contributed by atoms with Gasteiger partial charge in [0.1, 0.15) is 24.7 Å². The Balaban J connectivity index is 0.000000204. The van der Waals surface area contributed by atoms with Crippen molar-refractivity contribution in [1.29, 1.82) is 0 Å². The van der Waals surface area contributed by atoms with Crippen LogP contribution in [-0.2, 0) is 87.9 Å². The van der Waals surface area contributed by atoms with Crippen molar-refractivity contribution in [1.82, 2.24) is 47.7 Å². The van der Waals surface area contributed by atoms with Crippen LogP contribution in [0, 0.1) is 11.6 Å². The van der Waals surface area contributed by atoms with E-state index >= 15 is 0 Å². The standard InChI is InChI=1S/C25H27F4N5O6S.C20H19F4N5O5S/c26-19-6-2-1-5-18(19)23(40-12-11-39-22-7-3-4-10-38-22)24(35)32-13-17-14-34(30-20(17)15-32)41(36,37)21-8-9-33(31-21)16-25(27,28)29;21-15-4-2-1-3-14(15)18(34-8-7-30)19(31)27-9-13-10-29(25-16(13)11-27)35(32,33)17-5-6-28(26-17)12-20(22,23)24/h1-2,5-6,8-9,14,22-23H,3-4,7,10-13,15-16H2;1-6,10,18,30H,7-9,11-12H2. The number of carbonyl (C=O) groups is 2. The Morgan fingerprint density at radius 2 is 1.11 bits per heavy atom. The van der Waals surface area contributed by atoms with Crippen molar-refractivity contribution in [3.8, 4) is 0 Å². The minimum absolute atomic E-state index is 0.00487. The second-order valence-corrected chi connectivity index (χ2v) is 20.7. The first kappa shape index (κ1) is 55.6. The Labute approximate surface area is 427 Å². The highest BCUT2D eigenvalue weighted by atomic mass is 32.2. The third-order valence-corrected chi connectivity index (χ3v) is 14.5. The SMILES string of the molecule is O=C(C(OCCO)c1ccccc1F)N1Cc2cn(S(=O)(=O)c3ccn(CC(F)(F)F)n3)nc2C1.O=C(C(OCCOC1CCCCO1)c1ccccc1F)N1Cc2cn(S(=O)(=O)c3ccn(CC(F)(F)F)n3)nc2C1. The maximum atomic E-state index is 14.7. The summed E-state index contributed by atoms with van der Waals surface area (Å²) >= 11 is 0. The van der Waals surface area contributed by atoms with Crippen LogP contribution in [0.4, 0.5) is 35.1 Å². The zero-order valence-corrected chi connectivity index (χ0v) is 41.2. The molecule has 4 aromatic heterocycles. The third kappa shape index (κ3) is 13.1. The molecule has 9 rings (SSSR count). The number of hydrogen-bond donors (Lipinski definition) is 1. The van der Waals surface area contributed by atoms with E-state index < -0.39 is 91.2 Å². The van der Waals surface area contributed by atoms with Crippen LogP contribution in [0.15, 0.2) is 95.5 Å². The van der Waals surface area contributed by atoms with E-state index in [1.807, 2.05) is 0 Å². The number of carbonyl (C=O) groups excluding carboxylic acids is 2. The molecule has 410 valence electrons. The van der Waals surface area contributed by atoms with E-state index in [0.29, 0.717) is 35.3 Å². The number of aliphatic hydroxyl groups is 1. The number of aliphatic hydroxyl groups excluding tert-OH is 1. The molecule has 21 nitrogen and oxygen atoms in total. The number of benzene rings is 2. The van der Waals surface area contributed by atoms with E-state index in [1.54, 1.807) is 6.07 Å². The zero-order chi connectivity index (χ0) is 54.6. The second kappa shape index (κ2) is 22.9. The number of aromatic nitrogens is 8. The summed E-state index contributed by atoms with van der Waals surface area (Å²) in [6.07, 6.45) is -5.28. The molecule has 76 heavy (non-hydrogen) atoms. The molecule has 1 fully saturated rings. The summed E-state index contributed by atoms with van der Waals surface area (Å²) in [7, 11) is -8.74. The van der Waals surface area contributed by atoms with Gasteiger partial charge in [-0.1, -0.05) is 36.4 Å². The molecule has 3 aliphatic heterocycles. The van der Waals surface area contributed by atoms with Gasteiger partial charge in [0.2, 0.25) is 0 Å². The first-order chi connectivity index (χ1) is 36.0. The lowest BCUT2D eigenvalue weighted by Gasteiger charge is -2.25. The van der Waals surface area contributed by atoms with Gasteiger partial charge in [0.05, 0.1) is 50.9 Å². The van der Waals surface area contributed by atoms with E-state index in [9.17, 15) is 61.5 Å². The number of ether oxygens (including phenoxy) is 4. The average molecular weight is 1120 g/mol. The molecule has 3 atom stereocenters. The molecule has 0 aliphatic carbocycles. The average Bonchev–Trinajstić information content (AvgIpc) is 4.25. The number of alkyl halides is 6. The largest absolute Gasteiger partial charge is 0.408 e. The second-order valence-electron chi connectivity index (χ2n) is 17.2. The van der Waals surface area contributed by atoms with E-state index in [1.165, 1.54) is 58.5 Å². The summed E-state index contributed by atoms with van der Waals surface area (Å²) in [6, 6.07) is 13.2. The van der Waals surface area contributed by atoms with Crippen LogP contribution in [0.3, 0.4) is 0 Å². The molecule has 1 saturated heterocycles. The highest BCUT2D eigenvalue weighted by molar-refractivity contribution is 7.90. The Morgan fingerprint density at radius 1 is 0.645 bits per heavy atom. The molecule has 0 bridgehead atoms. The highest BCUT2D eigenvalue weighted by Crippen LogP contribution is 2.32. The van der Waals surface area contributed by atoms with Gasteiger partial charge in [-0.2, -0.15) is 71.7 Å². The van der Waals surface area contributed by atoms with Crippen LogP contribution in [0.2, 0.25) is 0 Å². The van der Waals surface area contributed by atoms with Gasteiger partial charge in [0.25, 0.3) is 11.8 Å². The fourth-order valence-corrected chi connectivity index (χ4v) is 10.4. The number of halogens is 8. The summed E-state index contributed by atoms with van der Waals surface area (Å²) in [5.74, 6) is -2.45. The molecular formula is C45H46F8N10O11S2. The fraction of sp³-hybridized carbons (Fsp3) is 0.422. The van der Waals surface area contributed by atoms with Gasteiger partial charge in [0, 0.05) is 66.7 Å². The Bertz CT molecular complexity index is 3200. The number of rotatable bonds is 18. The van der Waals surface area contributed by atoms with E-state index in [-0.39, 0.29) is 81.4 Å². The number of amides is 2. The number of nitrogens with zero attached hydrogens (tertiary/aromatic N) is 10. The Hall–Kier alpha value is -6.64. The van der Waals surface area contributed by atoms with Gasteiger partial charge in [0.15, 0.2) is 28.5 Å². The minimum Gasteiger partial charge on any atom is -0.394 e. The molecule has 2 aromatic carbocycles. The fourth-order valence-electron chi connectivity index (χ4n) is 8.16. The van der Waals surface area contributed by atoms with Crippen LogP contribution in [0.1, 0.15) is 65.1 Å². The third-order valence-electron chi connectivity index (χ3n) is 11.7. The number of fused-ring (bicyclic) bond motifs is 2. The summed E-state index contributed by atoms with van der Waals surface area (Å²) in [5.41, 5.74) is 1.32. The maximum Gasteiger partial charge on any atom is 0.408 e. The minimum atomic E-state index is -4.57. The first-order valence-corrected chi connectivity index (χ1v) is 25.9. The predicted molar refractivity (Wildman–Crippen MR) is 242 cm³/mol. The van der Waals surface area contributed by atoms with Gasteiger partial charge >= 0.3 is 32.4 Å². The maximum absolute atomic E-state index is 14.7. The summed E-state index contributed by atoms with van der Waals surface area (Å²) in [6.45, 7) is -3.04. The molecule has 0 saturated carbocycles. The van der Waals surface area contributed by atoms with Crippen molar-refractivity contribution >= 4 is 31.9 Å². The van der Waals surface area contributed by atoms with Gasteiger partial charge < -0.3 is 33.9 Å². The van der Waals surface area contributed by atoms with Gasteiger partial charge in [-0.25, -0.2) is 8.78 Å². The molecule has 7 heterocycles. The van der Waals surface area contributed by atoms with Crippen molar-refractivity contribution < 1.29 is 85.6 Å². The quantitative estimate of drug-likeness (QED) is 0.0901. The van der Waals surface area contributed by atoms with E-state index in [4.69, 9.17) is 24.1 Å². The van der Waals surface area contributed by atoms with Crippen molar-refractivity contribution in [3.05, 3.63) is 131 Å². The summed E-state index contributed by atoms with van der Waals surface area (Å²) in [4.78, 5) is 29.2. The van der Waals surface area contributed by atoms with Gasteiger partial charge in [-0.3, -0.25) is 19.0 Å². The highest BCUT2D eigenvalue weighted by Gasteiger charge is 2.38. The number of hydrogen-bond acceptors (Lipinski definition) is 15. The smallest absolute Gasteiger partial charge is 0.394 e. The van der Waals surface area contributed by atoms with Crippen LogP contribution in [0.25, 0.3) is 0 Å². The molecule has 3 unspecified atom stereocenters. The summed E-state index contributed by atoms with van der Waals surface area (Å²) in [5, 5.41) is 22.9. The predicted octanol–water partition coefficient (Wildman–Crippen LogP) is 4.77. The molecule has 31 heteroatoms. The van der Waals surface area contributed by atoms with Crippen LogP contribution >= 0.6 is 0 Å². The Kier molecular flexibility index (Phi) is 16.8. The van der Waals surface area contributed by atoms with Crippen molar-refractivity contribution in [2.75, 3.05) is 33.0 Å². The molecule has 3 aliphatic rings. The van der Waals surface area contributed by atoms with Crippen LogP contribution < -0.4 is 0 Å². The molecule has 0 spiro atoms. The molecule has 2 amide bonds. The lowest BCUT2D eigenvalue weighted by atomic mass is 10.1. The lowest BCUT2D eigenvalue weighted by molar-refractivity contribution is -0.174. The van der Waals surface area contributed by atoms with Crippen LogP contribution in [-0.4, -0.2) is 133 Å². The molecule has 1 N–H and O–H groups in total. The summed E-state index contributed by atoms with van der Waals surface area (Å²) < 4.78 is 180. The molecule has 0 radical (unpaired) electrons. The van der Waals surface area contributed by atoms with Crippen LogP contribution in [0.5, 0.6) is 0 Å². The topological polar surface area (TPSA) is 237 Å². The monoisotopic (exact) mass is 1120 g/mol. The first-order valence-electron chi connectivity index (χ1n) is 23.0. The zero-order valence-electron chi connectivity index (χ0n) is 39.6. The van der Waals surface area contributed by atoms with Gasteiger partial charge in [-0.05, 0) is 43.5 Å². The molecule has 6 aromatic rings. The normalized spacial score (nSPS) is 16.8. The van der Waals surface area contributed by atoms with Crippen molar-refractivity contribution in [2.45, 2.75) is 99.4 Å². The van der Waals surface area contributed by atoms with E-state index in [0.717, 1.165) is 50.0 Å². The lowest BCUT2D eigenvalue weighted by Crippen LogP contribution is -2.34. The van der Waals surface area contributed by atoms with Gasteiger partial charge in [-0.15, -0.1) is 0 Å². The van der Waals surface area contributed by atoms with Crippen molar-refractivity contribution in [3.63, 3.8) is 0 Å². The Morgan fingerprint density at radius 3 is 1.51 bits per heavy atom. The molecular weight excluding hydrogens is 1070 g/mol. The van der Waals surface area contributed by atoms with E-state index in [2.05, 4.69) is 20.4 Å².